The number of nitrogens with zero attached hydrogens (tertiary/aromatic N) is 3. The fourth-order valence-corrected chi connectivity index (χ4v) is 3.94. The quantitative estimate of drug-likeness (QED) is 0.296. The number of carbonyl (C=O) groups is 2. The first-order valence-corrected chi connectivity index (χ1v) is 11.6. The highest BCUT2D eigenvalue weighted by Crippen LogP contribution is 2.29. The average Bonchev–Trinajstić information content (AvgIpc) is 3.63. The minimum atomic E-state index is -0.787. The second-order valence-corrected chi connectivity index (χ2v) is 9.18. The number of ether oxygens (including phenoxy) is 2. The molecule has 1 fully saturated rings. The average molecular weight is 464 g/mol. The van der Waals surface area contributed by atoms with Crippen LogP contribution >= 0.6 is 0 Å². The molecule has 0 N–H and O–H groups in total. The first-order valence-electron chi connectivity index (χ1n) is 11.6. The summed E-state index contributed by atoms with van der Waals surface area (Å²) >= 11 is 0. The molecule has 7 heteroatoms. The maximum absolute atomic E-state index is 12.8. The molecule has 1 saturated carbocycles. The summed E-state index contributed by atoms with van der Waals surface area (Å²) in [5, 5.41) is 9.55. The molecule has 180 valence electrons. The molecule has 1 aliphatic carbocycles. The molecule has 0 aliphatic heterocycles. The lowest BCUT2D eigenvalue weighted by atomic mass is 10.1. The number of methoxy groups -OCH3 is 1. The van der Waals surface area contributed by atoms with Crippen LogP contribution < -0.4 is 4.74 Å². The number of nitriles is 1. The topological polar surface area (TPSA) is 84.6 Å². The number of hydrogen-bond acceptors (Lipinski definition) is 5. The van der Waals surface area contributed by atoms with Gasteiger partial charge in [-0.2, -0.15) is 5.26 Å². The van der Waals surface area contributed by atoms with E-state index >= 15 is 0 Å². The molecule has 1 aromatic heterocycles. The van der Waals surface area contributed by atoms with Gasteiger partial charge >= 0.3 is 5.97 Å². The number of benzene rings is 1. The van der Waals surface area contributed by atoms with Crippen LogP contribution in [0.5, 0.6) is 5.75 Å². The molecule has 1 amide bonds. The van der Waals surface area contributed by atoms with E-state index in [1.807, 2.05) is 50.2 Å². The standard InChI is InChI=1S/C27H33N3O4/c1-18(2)15-29-19(3)12-22(20(29)4)13-23(14-28)27(32)34-17-26(31)30(24-8-9-24)16-21-6-10-25(33-5)11-7-21/h6-7,10-13,18,24H,8-9,15-17H2,1-5H3/b23-13+. The summed E-state index contributed by atoms with van der Waals surface area (Å²) < 4.78 is 12.6. The van der Waals surface area contributed by atoms with Gasteiger partial charge in [-0.1, -0.05) is 26.0 Å². The minimum absolute atomic E-state index is 0.120. The van der Waals surface area contributed by atoms with Crippen LogP contribution in [0.1, 0.15) is 49.2 Å². The summed E-state index contributed by atoms with van der Waals surface area (Å²) in [6.45, 7) is 9.16. The molecule has 1 heterocycles. The number of carbonyl (C=O) groups excluding carboxylic acids is 2. The number of esters is 1. The smallest absolute Gasteiger partial charge is 0.349 e. The Morgan fingerprint density at radius 2 is 1.91 bits per heavy atom. The molecule has 0 saturated heterocycles. The fraction of sp³-hybridized carbons (Fsp3) is 0.444. The number of aromatic nitrogens is 1. The molecule has 7 nitrogen and oxygen atoms in total. The molecule has 1 aliphatic rings. The number of aryl methyl sites for hydroxylation is 1. The van der Waals surface area contributed by atoms with Crippen molar-refractivity contribution in [1.82, 2.24) is 9.47 Å². The Kier molecular flexibility index (Phi) is 8.17. The van der Waals surface area contributed by atoms with E-state index in [-0.39, 0.29) is 17.5 Å². The number of hydrogen-bond donors (Lipinski definition) is 0. The van der Waals surface area contributed by atoms with Gasteiger partial charge in [0.15, 0.2) is 6.61 Å². The summed E-state index contributed by atoms with van der Waals surface area (Å²) in [4.78, 5) is 27.2. The van der Waals surface area contributed by atoms with E-state index in [2.05, 4.69) is 18.4 Å². The Bertz CT molecular complexity index is 1100. The Hall–Kier alpha value is -3.53. The Morgan fingerprint density at radius 1 is 1.24 bits per heavy atom. The van der Waals surface area contributed by atoms with Crippen molar-refractivity contribution in [3.05, 3.63) is 58.4 Å². The largest absolute Gasteiger partial charge is 0.497 e. The molecule has 0 bridgehead atoms. The van der Waals surface area contributed by atoms with Gasteiger partial charge in [0, 0.05) is 30.5 Å². The normalized spacial score (nSPS) is 13.5. The van der Waals surface area contributed by atoms with E-state index < -0.39 is 12.6 Å². The maximum Gasteiger partial charge on any atom is 0.349 e. The monoisotopic (exact) mass is 463 g/mol. The molecular weight excluding hydrogens is 430 g/mol. The summed E-state index contributed by atoms with van der Waals surface area (Å²) in [6, 6.07) is 11.6. The van der Waals surface area contributed by atoms with Gasteiger partial charge in [0.05, 0.1) is 7.11 Å². The van der Waals surface area contributed by atoms with Gasteiger partial charge in [-0.15, -0.1) is 0 Å². The Labute approximate surface area is 201 Å². The van der Waals surface area contributed by atoms with E-state index in [1.54, 1.807) is 18.1 Å². The second-order valence-electron chi connectivity index (χ2n) is 9.18. The van der Waals surface area contributed by atoms with E-state index in [4.69, 9.17) is 9.47 Å². The second kappa shape index (κ2) is 11.1. The van der Waals surface area contributed by atoms with Crippen molar-refractivity contribution in [2.24, 2.45) is 5.92 Å². The summed E-state index contributed by atoms with van der Waals surface area (Å²) in [7, 11) is 1.61. The molecule has 1 aromatic carbocycles. The zero-order chi connectivity index (χ0) is 24.8. The summed E-state index contributed by atoms with van der Waals surface area (Å²) in [5.74, 6) is 0.173. The summed E-state index contributed by atoms with van der Waals surface area (Å²) in [6.07, 6.45) is 3.42. The van der Waals surface area contributed by atoms with Crippen LogP contribution in [-0.4, -0.2) is 41.1 Å². The molecule has 2 aromatic rings. The molecule has 0 spiro atoms. The molecular formula is C27H33N3O4. The zero-order valence-electron chi connectivity index (χ0n) is 20.6. The highest BCUT2D eigenvalue weighted by atomic mass is 16.5. The van der Waals surface area contributed by atoms with Crippen LogP contribution in [0.4, 0.5) is 0 Å². The van der Waals surface area contributed by atoms with Gasteiger partial charge in [-0.3, -0.25) is 4.79 Å². The van der Waals surface area contributed by atoms with Crippen molar-refractivity contribution in [3.8, 4) is 11.8 Å². The lowest BCUT2D eigenvalue weighted by molar-refractivity contribution is -0.149. The lowest BCUT2D eigenvalue weighted by Gasteiger charge is -2.22. The molecule has 0 unspecified atom stereocenters. The third-order valence-corrected chi connectivity index (χ3v) is 5.95. The van der Waals surface area contributed by atoms with E-state index in [1.165, 1.54) is 0 Å². The van der Waals surface area contributed by atoms with Gasteiger partial charge in [-0.05, 0) is 68.0 Å². The highest BCUT2D eigenvalue weighted by Gasteiger charge is 2.33. The van der Waals surface area contributed by atoms with Crippen molar-refractivity contribution in [1.29, 1.82) is 5.26 Å². The van der Waals surface area contributed by atoms with Crippen LogP contribution in [0.25, 0.3) is 6.08 Å². The van der Waals surface area contributed by atoms with Gasteiger partial charge < -0.3 is 18.9 Å². The predicted octanol–water partition coefficient (Wildman–Crippen LogP) is 4.41. The van der Waals surface area contributed by atoms with Crippen LogP contribution in [-0.2, 0) is 27.4 Å². The molecule has 34 heavy (non-hydrogen) atoms. The van der Waals surface area contributed by atoms with E-state index in [9.17, 15) is 14.9 Å². The van der Waals surface area contributed by atoms with Crippen molar-refractivity contribution in [2.45, 2.75) is 59.7 Å². The number of amides is 1. The van der Waals surface area contributed by atoms with Gasteiger partial charge in [0.1, 0.15) is 17.4 Å². The molecule has 0 radical (unpaired) electrons. The lowest BCUT2D eigenvalue weighted by Crippen LogP contribution is -2.36. The highest BCUT2D eigenvalue weighted by molar-refractivity contribution is 5.99. The third kappa shape index (κ3) is 6.28. The van der Waals surface area contributed by atoms with Crippen LogP contribution in [0, 0.1) is 31.1 Å². The Morgan fingerprint density at radius 3 is 2.47 bits per heavy atom. The first-order chi connectivity index (χ1) is 16.2. The Balaban J connectivity index is 1.65. The third-order valence-electron chi connectivity index (χ3n) is 5.95. The fourth-order valence-electron chi connectivity index (χ4n) is 3.94. The van der Waals surface area contributed by atoms with Crippen molar-refractivity contribution in [3.63, 3.8) is 0 Å². The van der Waals surface area contributed by atoms with Gasteiger partial charge in [0.2, 0.25) is 0 Å². The van der Waals surface area contributed by atoms with Crippen LogP contribution in [0.15, 0.2) is 35.9 Å². The van der Waals surface area contributed by atoms with Crippen LogP contribution in [0.2, 0.25) is 0 Å². The van der Waals surface area contributed by atoms with Gasteiger partial charge in [-0.25, -0.2) is 4.79 Å². The van der Waals surface area contributed by atoms with Crippen molar-refractivity contribution < 1.29 is 19.1 Å². The maximum atomic E-state index is 12.8. The number of rotatable bonds is 10. The predicted molar refractivity (Wildman–Crippen MR) is 130 cm³/mol. The zero-order valence-corrected chi connectivity index (χ0v) is 20.6. The minimum Gasteiger partial charge on any atom is -0.497 e. The van der Waals surface area contributed by atoms with E-state index in [0.717, 1.165) is 47.7 Å². The summed E-state index contributed by atoms with van der Waals surface area (Å²) in [5.41, 5.74) is 3.71. The van der Waals surface area contributed by atoms with Crippen LogP contribution in [0.3, 0.4) is 0 Å². The SMILES string of the molecule is COc1ccc(CN(C(=O)COC(=O)/C(C#N)=C/c2cc(C)n(CC(C)C)c2C)C2CC2)cc1. The van der Waals surface area contributed by atoms with Crippen molar-refractivity contribution in [2.75, 3.05) is 13.7 Å². The van der Waals surface area contributed by atoms with Crippen molar-refractivity contribution >= 4 is 18.0 Å². The van der Waals surface area contributed by atoms with Gasteiger partial charge in [0.25, 0.3) is 5.91 Å². The van der Waals surface area contributed by atoms with E-state index in [0.29, 0.717) is 12.5 Å². The molecule has 3 rings (SSSR count). The first kappa shape index (κ1) is 25.1. The molecule has 0 atom stereocenters.